The highest BCUT2D eigenvalue weighted by molar-refractivity contribution is 5.76. The third kappa shape index (κ3) is 2.95. The molecule has 0 spiro atoms. The number of imidazole rings is 1. The number of aromatic nitrogens is 2. The van der Waals surface area contributed by atoms with Gasteiger partial charge in [-0.25, -0.2) is 13.8 Å². The van der Waals surface area contributed by atoms with Crippen LogP contribution in [0.2, 0.25) is 0 Å². The van der Waals surface area contributed by atoms with Crippen LogP contribution in [0.3, 0.4) is 0 Å². The Morgan fingerprint density at radius 3 is 2.55 bits per heavy atom. The van der Waals surface area contributed by atoms with E-state index >= 15 is 0 Å². The molecule has 0 bridgehead atoms. The molecule has 7 heteroatoms. The first-order chi connectivity index (χ1) is 9.56. The first kappa shape index (κ1) is 14.8. The van der Waals surface area contributed by atoms with Gasteiger partial charge in [-0.2, -0.15) is 0 Å². The summed E-state index contributed by atoms with van der Waals surface area (Å²) < 4.78 is 28.2. The minimum Gasteiger partial charge on any atom is -0.395 e. The number of likely N-dealkylation sites (N-methyl/N-ethyl adjacent to an activating group) is 1. The Morgan fingerprint density at radius 1 is 1.20 bits per heavy atom. The summed E-state index contributed by atoms with van der Waals surface area (Å²) in [4.78, 5) is 6.11. The van der Waals surface area contributed by atoms with Crippen molar-refractivity contribution >= 4 is 11.0 Å². The van der Waals surface area contributed by atoms with Crippen LogP contribution in [0.5, 0.6) is 0 Å². The van der Waals surface area contributed by atoms with E-state index in [0.29, 0.717) is 29.9 Å². The van der Waals surface area contributed by atoms with Gasteiger partial charge in [0, 0.05) is 25.2 Å². The lowest BCUT2D eigenvalue weighted by molar-refractivity contribution is 0.211. The van der Waals surface area contributed by atoms with Crippen molar-refractivity contribution in [2.75, 3.05) is 26.8 Å². The summed E-state index contributed by atoms with van der Waals surface area (Å²) in [6, 6.07) is 2.14. The molecule has 2 aromatic rings. The third-order valence-electron chi connectivity index (χ3n) is 3.09. The second kappa shape index (κ2) is 6.25. The Labute approximate surface area is 115 Å². The number of nitrogens with zero attached hydrogens (tertiary/aromatic N) is 3. The van der Waals surface area contributed by atoms with Gasteiger partial charge in [0.1, 0.15) is 5.82 Å². The predicted molar refractivity (Wildman–Crippen MR) is 70.2 cm³/mol. The highest BCUT2D eigenvalue weighted by atomic mass is 19.2. The third-order valence-corrected chi connectivity index (χ3v) is 3.09. The Kier molecular flexibility index (Phi) is 4.64. The zero-order chi connectivity index (χ0) is 14.7. The van der Waals surface area contributed by atoms with Crippen LogP contribution in [-0.2, 0) is 13.1 Å². The van der Waals surface area contributed by atoms with E-state index < -0.39 is 11.6 Å². The van der Waals surface area contributed by atoms with E-state index in [0.717, 1.165) is 12.1 Å². The number of benzene rings is 1. The van der Waals surface area contributed by atoms with Crippen molar-refractivity contribution in [1.29, 1.82) is 0 Å². The lowest BCUT2D eigenvalue weighted by Crippen LogP contribution is -2.24. The fraction of sp³-hybridized carbons (Fsp3) is 0.462. The van der Waals surface area contributed by atoms with E-state index in [-0.39, 0.29) is 19.8 Å². The highest BCUT2D eigenvalue weighted by Gasteiger charge is 2.15. The molecule has 1 heterocycles. The number of hydrogen-bond donors (Lipinski definition) is 2. The van der Waals surface area contributed by atoms with E-state index in [1.54, 1.807) is 11.6 Å². The van der Waals surface area contributed by atoms with Crippen LogP contribution in [-0.4, -0.2) is 51.5 Å². The van der Waals surface area contributed by atoms with Crippen LogP contribution in [0.25, 0.3) is 11.0 Å². The minimum absolute atomic E-state index is 0.0139. The smallest absolute Gasteiger partial charge is 0.161 e. The summed E-state index contributed by atoms with van der Waals surface area (Å²) in [7, 11) is 1.81. The molecule has 0 saturated heterocycles. The maximum Gasteiger partial charge on any atom is 0.161 e. The van der Waals surface area contributed by atoms with Crippen molar-refractivity contribution in [2.45, 2.75) is 13.1 Å². The average Bonchev–Trinajstić information content (AvgIpc) is 2.69. The molecule has 20 heavy (non-hydrogen) atoms. The predicted octanol–water partition coefficient (Wildman–Crippen LogP) is 0.731. The first-order valence-electron chi connectivity index (χ1n) is 6.31. The fourth-order valence-electron chi connectivity index (χ4n) is 2.13. The van der Waals surface area contributed by atoms with Crippen LogP contribution in [0, 0.1) is 11.6 Å². The van der Waals surface area contributed by atoms with E-state index in [1.165, 1.54) is 0 Å². The summed E-state index contributed by atoms with van der Waals surface area (Å²) in [5.41, 5.74) is 0.801. The van der Waals surface area contributed by atoms with Crippen molar-refractivity contribution < 1.29 is 19.0 Å². The molecule has 0 aliphatic carbocycles. The number of rotatable bonds is 6. The van der Waals surface area contributed by atoms with Crippen LogP contribution in [0.15, 0.2) is 12.1 Å². The molecule has 0 radical (unpaired) electrons. The molecule has 0 amide bonds. The molecular weight excluding hydrogens is 268 g/mol. The molecule has 0 saturated carbocycles. The van der Waals surface area contributed by atoms with Gasteiger partial charge in [-0.15, -0.1) is 0 Å². The summed E-state index contributed by atoms with van der Waals surface area (Å²) in [6.07, 6.45) is 0. The first-order valence-corrected chi connectivity index (χ1v) is 6.31. The highest BCUT2D eigenvalue weighted by Crippen LogP contribution is 2.20. The molecule has 1 aromatic heterocycles. The zero-order valence-electron chi connectivity index (χ0n) is 11.2. The molecule has 2 N–H and O–H groups in total. The molecular formula is C13H17F2N3O2. The molecule has 110 valence electrons. The topological polar surface area (TPSA) is 61.5 Å². The van der Waals surface area contributed by atoms with Gasteiger partial charge in [-0.05, 0) is 7.05 Å². The Hall–Kier alpha value is -1.57. The van der Waals surface area contributed by atoms with Gasteiger partial charge in [0.25, 0.3) is 0 Å². The van der Waals surface area contributed by atoms with Crippen molar-refractivity contribution in [3.63, 3.8) is 0 Å². The van der Waals surface area contributed by atoms with Crippen LogP contribution >= 0.6 is 0 Å². The van der Waals surface area contributed by atoms with E-state index in [9.17, 15) is 8.78 Å². The number of aliphatic hydroxyl groups is 2. The van der Waals surface area contributed by atoms with Crippen molar-refractivity contribution in [3.05, 3.63) is 29.6 Å². The van der Waals surface area contributed by atoms with Crippen LogP contribution in [0.4, 0.5) is 8.78 Å². The molecule has 0 fully saturated rings. The molecule has 0 aliphatic heterocycles. The van der Waals surface area contributed by atoms with Crippen LogP contribution < -0.4 is 0 Å². The van der Waals surface area contributed by atoms with E-state index in [1.807, 2.05) is 4.90 Å². The molecule has 0 unspecified atom stereocenters. The largest absolute Gasteiger partial charge is 0.395 e. The van der Waals surface area contributed by atoms with Crippen LogP contribution in [0.1, 0.15) is 5.82 Å². The van der Waals surface area contributed by atoms with Crippen molar-refractivity contribution in [2.24, 2.45) is 0 Å². The summed E-state index contributed by atoms with van der Waals surface area (Å²) in [5.74, 6) is -1.29. The van der Waals surface area contributed by atoms with Gasteiger partial charge in [-0.1, -0.05) is 0 Å². The second-order valence-electron chi connectivity index (χ2n) is 4.62. The monoisotopic (exact) mass is 285 g/mol. The minimum atomic E-state index is -0.943. The van der Waals surface area contributed by atoms with Gasteiger partial charge in [0.05, 0.1) is 30.8 Å². The van der Waals surface area contributed by atoms with Gasteiger partial charge in [0.2, 0.25) is 0 Å². The van der Waals surface area contributed by atoms with Gasteiger partial charge >= 0.3 is 0 Å². The molecule has 0 aliphatic rings. The number of hydrogen-bond acceptors (Lipinski definition) is 4. The molecule has 5 nitrogen and oxygen atoms in total. The molecule has 2 rings (SSSR count). The van der Waals surface area contributed by atoms with Crippen molar-refractivity contribution in [1.82, 2.24) is 14.5 Å². The van der Waals surface area contributed by atoms with Crippen molar-refractivity contribution in [3.8, 4) is 0 Å². The maximum absolute atomic E-state index is 13.3. The number of halogens is 2. The SMILES string of the molecule is CN(CCO)Cc1nc2cc(F)c(F)cc2n1CCO. The quantitative estimate of drug-likeness (QED) is 0.821. The normalized spacial score (nSPS) is 11.7. The van der Waals surface area contributed by atoms with Gasteiger partial charge in [0.15, 0.2) is 11.6 Å². The Bertz CT molecular complexity index is 601. The van der Waals surface area contributed by atoms with Gasteiger partial charge in [-0.3, -0.25) is 4.90 Å². The number of fused-ring (bicyclic) bond motifs is 1. The summed E-state index contributed by atoms with van der Waals surface area (Å²) in [5, 5.41) is 18.0. The zero-order valence-corrected chi connectivity index (χ0v) is 11.2. The molecule has 1 aromatic carbocycles. The average molecular weight is 285 g/mol. The Morgan fingerprint density at radius 2 is 1.90 bits per heavy atom. The van der Waals surface area contributed by atoms with Gasteiger partial charge < -0.3 is 14.8 Å². The second-order valence-corrected chi connectivity index (χ2v) is 4.62. The maximum atomic E-state index is 13.3. The lowest BCUT2D eigenvalue weighted by atomic mass is 10.3. The number of aliphatic hydroxyl groups excluding tert-OH is 2. The standard InChI is InChI=1S/C13H17F2N3O2/c1-17(2-4-19)8-13-16-11-6-9(14)10(15)7-12(11)18(13)3-5-20/h6-7,19-20H,2-5,8H2,1H3. The van der Waals surface area contributed by atoms with E-state index in [4.69, 9.17) is 10.2 Å². The lowest BCUT2D eigenvalue weighted by Gasteiger charge is -2.15. The summed E-state index contributed by atoms with van der Waals surface area (Å²) >= 11 is 0. The molecule has 0 atom stereocenters. The fourth-order valence-corrected chi connectivity index (χ4v) is 2.13. The summed E-state index contributed by atoms with van der Waals surface area (Å²) in [6.45, 7) is 1.02. The Balaban J connectivity index is 2.44. The van der Waals surface area contributed by atoms with E-state index in [2.05, 4.69) is 4.98 Å².